The van der Waals surface area contributed by atoms with Gasteiger partial charge in [0.15, 0.2) is 0 Å². The summed E-state index contributed by atoms with van der Waals surface area (Å²) in [7, 11) is 1.74. The Labute approximate surface area is 79.5 Å². The van der Waals surface area contributed by atoms with Gasteiger partial charge in [0.05, 0.1) is 0 Å². The van der Waals surface area contributed by atoms with Crippen molar-refractivity contribution in [2.75, 3.05) is 20.1 Å². The Kier molecular flexibility index (Phi) is 3.54. The number of nitrogens with one attached hydrogen (secondary N) is 1. The number of primary amides is 1. The smallest absolute Gasteiger partial charge is 0.314 e. The van der Waals surface area contributed by atoms with Crippen molar-refractivity contribution in [1.29, 1.82) is 0 Å². The van der Waals surface area contributed by atoms with Crippen molar-refractivity contribution < 1.29 is 4.79 Å². The Morgan fingerprint density at radius 2 is 2.46 bits per heavy atom. The molecule has 0 radical (unpaired) electrons. The Morgan fingerprint density at radius 1 is 1.77 bits per heavy atom. The first-order valence-corrected chi connectivity index (χ1v) is 4.85. The Morgan fingerprint density at radius 3 is 2.92 bits per heavy atom. The van der Waals surface area contributed by atoms with E-state index in [1.54, 1.807) is 11.9 Å². The van der Waals surface area contributed by atoms with Crippen LogP contribution in [0.5, 0.6) is 0 Å². The van der Waals surface area contributed by atoms with E-state index in [0.717, 1.165) is 13.1 Å². The van der Waals surface area contributed by atoms with Crippen molar-refractivity contribution >= 4 is 6.03 Å². The average molecular weight is 185 g/mol. The molecule has 1 rings (SSSR count). The van der Waals surface area contributed by atoms with Crippen LogP contribution in [0.1, 0.15) is 19.8 Å². The molecule has 0 aromatic carbocycles. The molecule has 0 aromatic rings. The van der Waals surface area contributed by atoms with Crippen LogP contribution < -0.4 is 11.1 Å². The summed E-state index contributed by atoms with van der Waals surface area (Å²) < 4.78 is 0. The van der Waals surface area contributed by atoms with Crippen molar-refractivity contribution in [3.8, 4) is 0 Å². The average Bonchev–Trinajstić information content (AvgIpc) is 2.55. The summed E-state index contributed by atoms with van der Waals surface area (Å²) in [5.74, 6) is 0.486. The number of amides is 2. The molecule has 0 spiro atoms. The topological polar surface area (TPSA) is 58.4 Å². The first-order valence-electron chi connectivity index (χ1n) is 4.85. The fourth-order valence-corrected chi connectivity index (χ4v) is 1.85. The SMILES string of the molecule is CC(CN(C)C(N)=O)C1CCCN1. The van der Waals surface area contributed by atoms with E-state index in [-0.39, 0.29) is 6.03 Å². The summed E-state index contributed by atoms with van der Waals surface area (Å²) in [6, 6.07) is 0.214. The van der Waals surface area contributed by atoms with E-state index in [9.17, 15) is 4.79 Å². The van der Waals surface area contributed by atoms with Crippen LogP contribution in [-0.2, 0) is 0 Å². The molecule has 1 heterocycles. The van der Waals surface area contributed by atoms with Crippen LogP contribution in [0.25, 0.3) is 0 Å². The van der Waals surface area contributed by atoms with Gasteiger partial charge in [-0.2, -0.15) is 0 Å². The van der Waals surface area contributed by atoms with Gasteiger partial charge >= 0.3 is 6.03 Å². The van der Waals surface area contributed by atoms with E-state index in [2.05, 4.69) is 12.2 Å². The molecule has 13 heavy (non-hydrogen) atoms. The number of nitrogens with two attached hydrogens (primary N) is 1. The lowest BCUT2D eigenvalue weighted by molar-refractivity contribution is 0.206. The van der Waals surface area contributed by atoms with Gasteiger partial charge < -0.3 is 16.0 Å². The van der Waals surface area contributed by atoms with Gasteiger partial charge in [-0.3, -0.25) is 0 Å². The number of urea groups is 1. The van der Waals surface area contributed by atoms with Gasteiger partial charge in [0.25, 0.3) is 0 Å². The molecule has 1 fully saturated rings. The van der Waals surface area contributed by atoms with Crippen LogP contribution in [0.4, 0.5) is 4.79 Å². The summed E-state index contributed by atoms with van der Waals surface area (Å²) in [4.78, 5) is 12.4. The number of hydrogen-bond donors (Lipinski definition) is 2. The Balaban J connectivity index is 2.30. The lowest BCUT2D eigenvalue weighted by Gasteiger charge is -2.24. The third-order valence-corrected chi connectivity index (χ3v) is 2.72. The number of hydrogen-bond acceptors (Lipinski definition) is 2. The van der Waals surface area contributed by atoms with Crippen LogP contribution in [0.2, 0.25) is 0 Å². The Bertz CT molecular complexity index is 178. The normalized spacial score (nSPS) is 24.3. The molecule has 1 saturated heterocycles. The van der Waals surface area contributed by atoms with Crippen molar-refractivity contribution in [1.82, 2.24) is 10.2 Å². The minimum Gasteiger partial charge on any atom is -0.351 e. The highest BCUT2D eigenvalue weighted by atomic mass is 16.2. The van der Waals surface area contributed by atoms with Gasteiger partial charge in [0.1, 0.15) is 0 Å². The van der Waals surface area contributed by atoms with E-state index >= 15 is 0 Å². The lowest BCUT2D eigenvalue weighted by atomic mass is 10.0. The van der Waals surface area contributed by atoms with Crippen molar-refractivity contribution in [2.24, 2.45) is 11.7 Å². The van der Waals surface area contributed by atoms with Gasteiger partial charge in [0, 0.05) is 19.6 Å². The zero-order valence-electron chi connectivity index (χ0n) is 8.42. The molecule has 0 aliphatic carbocycles. The molecule has 76 valence electrons. The minimum absolute atomic E-state index is 0.343. The molecule has 0 saturated carbocycles. The fraction of sp³-hybridized carbons (Fsp3) is 0.889. The van der Waals surface area contributed by atoms with Crippen molar-refractivity contribution in [2.45, 2.75) is 25.8 Å². The highest BCUT2D eigenvalue weighted by Gasteiger charge is 2.22. The zero-order chi connectivity index (χ0) is 9.84. The third-order valence-electron chi connectivity index (χ3n) is 2.72. The maximum Gasteiger partial charge on any atom is 0.314 e. The van der Waals surface area contributed by atoms with E-state index in [4.69, 9.17) is 5.73 Å². The Hall–Kier alpha value is -0.770. The molecule has 4 nitrogen and oxygen atoms in total. The summed E-state index contributed by atoms with van der Waals surface area (Å²) in [6.07, 6.45) is 2.46. The summed E-state index contributed by atoms with van der Waals surface area (Å²) in [5.41, 5.74) is 5.15. The summed E-state index contributed by atoms with van der Waals surface area (Å²) in [5, 5.41) is 3.42. The second kappa shape index (κ2) is 4.46. The highest BCUT2D eigenvalue weighted by molar-refractivity contribution is 5.71. The van der Waals surface area contributed by atoms with Gasteiger partial charge in [-0.25, -0.2) is 4.79 Å². The number of nitrogens with zero attached hydrogens (tertiary/aromatic N) is 1. The summed E-state index contributed by atoms with van der Waals surface area (Å²) >= 11 is 0. The molecule has 1 aliphatic rings. The molecule has 1 aliphatic heterocycles. The van der Waals surface area contributed by atoms with Crippen LogP contribution in [0.15, 0.2) is 0 Å². The molecule has 2 unspecified atom stereocenters. The van der Waals surface area contributed by atoms with Gasteiger partial charge in [-0.05, 0) is 25.3 Å². The quantitative estimate of drug-likeness (QED) is 0.668. The van der Waals surface area contributed by atoms with Gasteiger partial charge in [-0.1, -0.05) is 6.92 Å². The second-order valence-electron chi connectivity index (χ2n) is 3.90. The van der Waals surface area contributed by atoms with Crippen molar-refractivity contribution in [3.05, 3.63) is 0 Å². The highest BCUT2D eigenvalue weighted by Crippen LogP contribution is 2.14. The molecular weight excluding hydrogens is 166 g/mol. The molecule has 0 bridgehead atoms. The minimum atomic E-state index is -0.343. The first-order chi connectivity index (χ1) is 6.11. The number of rotatable bonds is 3. The predicted octanol–water partition coefficient (Wildman–Crippen LogP) is 0.385. The lowest BCUT2D eigenvalue weighted by Crippen LogP contribution is -2.40. The molecule has 3 N–H and O–H groups in total. The van der Waals surface area contributed by atoms with Crippen LogP contribution in [0, 0.1) is 5.92 Å². The predicted molar refractivity (Wildman–Crippen MR) is 52.4 cm³/mol. The van der Waals surface area contributed by atoms with Crippen LogP contribution >= 0.6 is 0 Å². The second-order valence-corrected chi connectivity index (χ2v) is 3.90. The molecular formula is C9H19N3O. The standard InChI is InChI=1S/C9H19N3O/c1-7(6-12(2)9(10)13)8-4-3-5-11-8/h7-8,11H,3-6H2,1-2H3,(H2,10,13). The maximum absolute atomic E-state index is 10.8. The molecule has 2 atom stereocenters. The van der Waals surface area contributed by atoms with Gasteiger partial charge in [-0.15, -0.1) is 0 Å². The zero-order valence-corrected chi connectivity index (χ0v) is 8.42. The molecule has 4 heteroatoms. The van der Waals surface area contributed by atoms with E-state index in [0.29, 0.717) is 12.0 Å². The van der Waals surface area contributed by atoms with E-state index in [1.807, 2.05) is 0 Å². The van der Waals surface area contributed by atoms with E-state index in [1.165, 1.54) is 12.8 Å². The fourth-order valence-electron chi connectivity index (χ4n) is 1.85. The maximum atomic E-state index is 10.8. The van der Waals surface area contributed by atoms with Crippen LogP contribution in [0.3, 0.4) is 0 Å². The summed E-state index contributed by atoms with van der Waals surface area (Å²) in [6.45, 7) is 4.00. The van der Waals surface area contributed by atoms with Gasteiger partial charge in [0.2, 0.25) is 0 Å². The largest absolute Gasteiger partial charge is 0.351 e. The monoisotopic (exact) mass is 185 g/mol. The number of carbonyl (C=O) groups is 1. The molecule has 0 aromatic heterocycles. The number of carbonyl (C=O) groups excluding carboxylic acids is 1. The molecule has 2 amide bonds. The third kappa shape index (κ3) is 2.88. The van der Waals surface area contributed by atoms with E-state index < -0.39 is 0 Å². The first kappa shape index (κ1) is 10.3. The van der Waals surface area contributed by atoms with Crippen molar-refractivity contribution in [3.63, 3.8) is 0 Å². The van der Waals surface area contributed by atoms with Crippen LogP contribution in [-0.4, -0.2) is 37.1 Å².